The van der Waals surface area contributed by atoms with Gasteiger partial charge in [-0.1, -0.05) is 13.8 Å². The van der Waals surface area contributed by atoms with Gasteiger partial charge < -0.3 is 4.98 Å². The summed E-state index contributed by atoms with van der Waals surface area (Å²) in [5.74, 6) is 1.02. The summed E-state index contributed by atoms with van der Waals surface area (Å²) in [6, 6.07) is 0. The Bertz CT molecular complexity index is 497. The summed E-state index contributed by atoms with van der Waals surface area (Å²) in [6.45, 7) is 8.47. The summed E-state index contributed by atoms with van der Waals surface area (Å²) in [5, 5.41) is 0. The summed E-state index contributed by atoms with van der Waals surface area (Å²) in [7, 11) is 0. The topological polar surface area (TPSA) is 41.6 Å². The van der Waals surface area contributed by atoms with Crippen LogP contribution < -0.4 is 0 Å². The van der Waals surface area contributed by atoms with Crippen molar-refractivity contribution >= 4 is 11.2 Å². The molecule has 0 aliphatic rings. The molecule has 0 spiro atoms. The Kier molecular flexibility index (Phi) is 2.47. The highest BCUT2D eigenvalue weighted by atomic mass is 15.0. The van der Waals surface area contributed by atoms with Crippen LogP contribution in [-0.4, -0.2) is 15.0 Å². The molecule has 0 aromatic carbocycles. The van der Waals surface area contributed by atoms with E-state index < -0.39 is 0 Å². The quantitative estimate of drug-likeness (QED) is 0.815. The lowest BCUT2D eigenvalue weighted by molar-refractivity contribution is 0.996. The molecule has 0 bridgehead atoms. The largest absolute Gasteiger partial charge is 0.340 e. The molecule has 0 unspecified atom stereocenters. The Morgan fingerprint density at radius 3 is 2.40 bits per heavy atom. The number of rotatable bonds is 2. The van der Waals surface area contributed by atoms with Crippen LogP contribution in [0, 0.1) is 13.8 Å². The van der Waals surface area contributed by atoms with Crippen molar-refractivity contribution in [1.29, 1.82) is 0 Å². The molecule has 0 aliphatic carbocycles. The molecule has 1 N–H and O–H groups in total. The van der Waals surface area contributed by atoms with E-state index in [4.69, 9.17) is 0 Å². The summed E-state index contributed by atoms with van der Waals surface area (Å²) < 4.78 is 0. The molecule has 3 heteroatoms. The molecule has 0 radical (unpaired) electrons. The number of aryl methyl sites for hydroxylation is 3. The van der Waals surface area contributed by atoms with E-state index in [9.17, 15) is 0 Å². The van der Waals surface area contributed by atoms with Gasteiger partial charge in [-0.15, -0.1) is 0 Å². The fourth-order valence-electron chi connectivity index (χ4n) is 2.09. The number of nitrogens with one attached hydrogen (secondary N) is 1. The Hall–Kier alpha value is -1.38. The fraction of sp³-hybridized carbons (Fsp3) is 0.500. The van der Waals surface area contributed by atoms with Crippen molar-refractivity contribution in [2.75, 3.05) is 0 Å². The zero-order valence-electron chi connectivity index (χ0n) is 9.81. The number of hydrogen-bond acceptors (Lipinski definition) is 2. The highest BCUT2D eigenvalue weighted by Gasteiger charge is 2.10. The van der Waals surface area contributed by atoms with E-state index in [0.717, 1.165) is 35.5 Å². The first kappa shape index (κ1) is 10.1. The highest BCUT2D eigenvalue weighted by molar-refractivity contribution is 5.76. The van der Waals surface area contributed by atoms with Gasteiger partial charge in [-0.3, -0.25) is 0 Å². The van der Waals surface area contributed by atoms with E-state index in [1.807, 2.05) is 0 Å². The second-order valence-corrected chi connectivity index (χ2v) is 3.89. The molecule has 0 atom stereocenters. The summed E-state index contributed by atoms with van der Waals surface area (Å²) in [6.07, 6.45) is 1.96. The Morgan fingerprint density at radius 1 is 1.07 bits per heavy atom. The van der Waals surface area contributed by atoms with Gasteiger partial charge in [0.2, 0.25) is 0 Å². The third-order valence-electron chi connectivity index (χ3n) is 2.96. The molecule has 15 heavy (non-hydrogen) atoms. The molecule has 0 amide bonds. The highest BCUT2D eigenvalue weighted by Crippen LogP contribution is 2.21. The lowest BCUT2D eigenvalue weighted by Crippen LogP contribution is -1.96. The van der Waals surface area contributed by atoms with Crippen LogP contribution in [0.2, 0.25) is 0 Å². The van der Waals surface area contributed by atoms with Crippen molar-refractivity contribution in [1.82, 2.24) is 15.0 Å². The van der Waals surface area contributed by atoms with E-state index in [-0.39, 0.29) is 0 Å². The molecular formula is C12H17N3. The maximum atomic E-state index is 4.53. The molecule has 80 valence electrons. The molecule has 0 fully saturated rings. The van der Waals surface area contributed by atoms with Crippen LogP contribution in [-0.2, 0) is 12.8 Å². The number of fused-ring (bicyclic) bond motifs is 1. The minimum atomic E-state index is 0.860. The van der Waals surface area contributed by atoms with Gasteiger partial charge in [0.15, 0.2) is 5.65 Å². The Labute approximate surface area is 90.0 Å². The minimum absolute atomic E-state index is 0.860. The molecule has 0 saturated heterocycles. The molecule has 2 aromatic heterocycles. The van der Waals surface area contributed by atoms with Gasteiger partial charge in [-0.05, 0) is 31.4 Å². The summed E-state index contributed by atoms with van der Waals surface area (Å²) in [4.78, 5) is 12.3. The van der Waals surface area contributed by atoms with Crippen LogP contribution in [0.3, 0.4) is 0 Å². The van der Waals surface area contributed by atoms with Crippen molar-refractivity contribution in [3.8, 4) is 0 Å². The second kappa shape index (κ2) is 3.65. The number of imidazole rings is 1. The first-order valence-corrected chi connectivity index (χ1v) is 5.52. The van der Waals surface area contributed by atoms with Crippen LogP contribution in [0.15, 0.2) is 0 Å². The molecule has 0 aliphatic heterocycles. The normalized spacial score (nSPS) is 11.2. The lowest BCUT2D eigenvalue weighted by atomic mass is 10.1. The third-order valence-corrected chi connectivity index (χ3v) is 2.96. The van der Waals surface area contributed by atoms with Crippen molar-refractivity contribution in [2.24, 2.45) is 0 Å². The van der Waals surface area contributed by atoms with Crippen LogP contribution in [0.1, 0.15) is 36.5 Å². The number of H-pyrrole nitrogens is 1. The zero-order valence-corrected chi connectivity index (χ0v) is 9.81. The molecule has 3 nitrogen and oxygen atoms in total. The number of aromatic amines is 1. The van der Waals surface area contributed by atoms with Gasteiger partial charge in [0.25, 0.3) is 0 Å². The van der Waals surface area contributed by atoms with Crippen LogP contribution in [0.5, 0.6) is 0 Å². The average molecular weight is 203 g/mol. The maximum absolute atomic E-state index is 4.53. The molecule has 2 heterocycles. The van der Waals surface area contributed by atoms with Gasteiger partial charge in [0.1, 0.15) is 5.82 Å². The predicted octanol–water partition coefficient (Wildman–Crippen LogP) is 2.70. The van der Waals surface area contributed by atoms with Gasteiger partial charge in [0.05, 0.1) is 5.52 Å². The maximum Gasteiger partial charge on any atom is 0.178 e. The molecule has 2 aromatic rings. The van der Waals surface area contributed by atoms with E-state index in [2.05, 4.69) is 42.6 Å². The number of hydrogen-bond donors (Lipinski definition) is 1. The fourth-order valence-corrected chi connectivity index (χ4v) is 2.09. The standard InChI is InChI=1S/C12H17N3/c1-5-9-7(3)11-12(13-8(9)4)15-10(6-2)14-11/h5-6H2,1-4H3,(H,13,14,15). The second-order valence-electron chi connectivity index (χ2n) is 3.89. The van der Waals surface area contributed by atoms with E-state index in [1.54, 1.807) is 0 Å². The minimum Gasteiger partial charge on any atom is -0.340 e. The van der Waals surface area contributed by atoms with Gasteiger partial charge >= 0.3 is 0 Å². The predicted molar refractivity (Wildman–Crippen MR) is 62.1 cm³/mol. The average Bonchev–Trinajstić information content (AvgIpc) is 2.61. The molecular weight excluding hydrogens is 186 g/mol. The first-order chi connectivity index (χ1) is 7.17. The smallest absolute Gasteiger partial charge is 0.178 e. The number of nitrogens with zero attached hydrogens (tertiary/aromatic N) is 2. The first-order valence-electron chi connectivity index (χ1n) is 5.52. The van der Waals surface area contributed by atoms with Crippen LogP contribution in [0.4, 0.5) is 0 Å². The molecule has 0 saturated carbocycles. The van der Waals surface area contributed by atoms with Crippen molar-refractivity contribution in [2.45, 2.75) is 40.5 Å². The van der Waals surface area contributed by atoms with E-state index in [0.29, 0.717) is 0 Å². The van der Waals surface area contributed by atoms with E-state index >= 15 is 0 Å². The van der Waals surface area contributed by atoms with Gasteiger partial charge in [-0.2, -0.15) is 0 Å². The number of aromatic nitrogens is 3. The lowest BCUT2D eigenvalue weighted by Gasteiger charge is -2.06. The van der Waals surface area contributed by atoms with E-state index in [1.165, 1.54) is 11.1 Å². The monoisotopic (exact) mass is 203 g/mol. The Morgan fingerprint density at radius 2 is 1.80 bits per heavy atom. The van der Waals surface area contributed by atoms with Crippen LogP contribution >= 0.6 is 0 Å². The third kappa shape index (κ3) is 1.52. The van der Waals surface area contributed by atoms with Crippen molar-refractivity contribution in [3.63, 3.8) is 0 Å². The van der Waals surface area contributed by atoms with Gasteiger partial charge in [-0.25, -0.2) is 9.97 Å². The number of pyridine rings is 1. The Balaban J connectivity index is 2.76. The summed E-state index contributed by atoms with van der Waals surface area (Å²) in [5.41, 5.74) is 5.71. The zero-order chi connectivity index (χ0) is 11.0. The summed E-state index contributed by atoms with van der Waals surface area (Å²) >= 11 is 0. The van der Waals surface area contributed by atoms with Crippen LogP contribution in [0.25, 0.3) is 11.2 Å². The van der Waals surface area contributed by atoms with Crippen molar-refractivity contribution < 1.29 is 0 Å². The van der Waals surface area contributed by atoms with Crippen molar-refractivity contribution in [3.05, 3.63) is 22.6 Å². The molecule has 2 rings (SSSR count). The van der Waals surface area contributed by atoms with Gasteiger partial charge in [0, 0.05) is 12.1 Å². The SMILES string of the molecule is CCc1nc2nc(C)c(CC)c(C)c2[nH]1.